The standard InChI is InChI=1S/C12H12BrIN4O3/c1-21-8(5-11(19)20)6-18-12(15-16-17-18)9-4-7(14)2-3-10(9)13/h2-4,8H,5-6H2,1H3,(H,19,20). The molecule has 1 aromatic heterocycles. The van der Waals surface area contributed by atoms with E-state index in [2.05, 4.69) is 54.0 Å². The molecular weight excluding hydrogens is 455 g/mol. The molecule has 0 saturated carbocycles. The van der Waals surface area contributed by atoms with Crippen LogP contribution in [-0.4, -0.2) is 44.5 Å². The van der Waals surface area contributed by atoms with Crippen molar-refractivity contribution in [2.45, 2.75) is 19.1 Å². The van der Waals surface area contributed by atoms with Crippen LogP contribution in [0.25, 0.3) is 11.4 Å². The summed E-state index contributed by atoms with van der Waals surface area (Å²) in [7, 11) is 1.47. The van der Waals surface area contributed by atoms with E-state index in [9.17, 15) is 4.79 Å². The highest BCUT2D eigenvalue weighted by Gasteiger charge is 2.18. The van der Waals surface area contributed by atoms with Gasteiger partial charge in [0.15, 0.2) is 5.82 Å². The minimum Gasteiger partial charge on any atom is -0.481 e. The second-order valence-corrected chi connectivity index (χ2v) is 6.36. The third kappa shape index (κ3) is 4.20. The molecule has 2 rings (SSSR count). The van der Waals surface area contributed by atoms with Gasteiger partial charge in [-0.05, 0) is 51.2 Å². The Kier molecular flexibility index (Phi) is 5.65. The van der Waals surface area contributed by atoms with Crippen LogP contribution in [0.1, 0.15) is 6.42 Å². The first-order valence-electron chi connectivity index (χ1n) is 5.97. The zero-order valence-electron chi connectivity index (χ0n) is 11.0. The number of hydrogen-bond acceptors (Lipinski definition) is 5. The molecule has 1 aromatic carbocycles. The van der Waals surface area contributed by atoms with Crippen molar-refractivity contribution in [3.8, 4) is 11.4 Å². The molecular formula is C12H12BrIN4O3. The van der Waals surface area contributed by atoms with E-state index in [-0.39, 0.29) is 13.0 Å². The predicted octanol–water partition coefficient (Wildman–Crippen LogP) is 2.20. The fourth-order valence-corrected chi connectivity index (χ4v) is 2.71. The zero-order chi connectivity index (χ0) is 15.4. The van der Waals surface area contributed by atoms with Gasteiger partial charge in [0.05, 0.1) is 19.1 Å². The highest BCUT2D eigenvalue weighted by Crippen LogP contribution is 2.28. The molecule has 0 bridgehead atoms. The van der Waals surface area contributed by atoms with Crippen molar-refractivity contribution in [3.63, 3.8) is 0 Å². The number of nitrogens with zero attached hydrogens (tertiary/aromatic N) is 4. The van der Waals surface area contributed by atoms with Crippen LogP contribution in [0.15, 0.2) is 22.7 Å². The molecule has 1 heterocycles. The van der Waals surface area contributed by atoms with Crippen LogP contribution in [-0.2, 0) is 16.1 Å². The Balaban J connectivity index is 2.30. The van der Waals surface area contributed by atoms with Crippen LogP contribution < -0.4 is 0 Å². The molecule has 0 fully saturated rings. The molecule has 0 aliphatic heterocycles. The van der Waals surface area contributed by atoms with E-state index in [1.807, 2.05) is 18.2 Å². The highest BCUT2D eigenvalue weighted by molar-refractivity contribution is 14.1. The van der Waals surface area contributed by atoms with Crippen molar-refractivity contribution < 1.29 is 14.6 Å². The Morgan fingerprint density at radius 1 is 1.57 bits per heavy atom. The number of methoxy groups -OCH3 is 1. The monoisotopic (exact) mass is 466 g/mol. The van der Waals surface area contributed by atoms with Gasteiger partial charge in [0, 0.05) is 20.7 Å². The normalized spacial score (nSPS) is 12.3. The van der Waals surface area contributed by atoms with E-state index < -0.39 is 12.1 Å². The minimum absolute atomic E-state index is 0.108. The van der Waals surface area contributed by atoms with Crippen LogP contribution in [0.3, 0.4) is 0 Å². The van der Waals surface area contributed by atoms with E-state index in [4.69, 9.17) is 9.84 Å². The number of carbonyl (C=O) groups is 1. The third-order valence-corrected chi connectivity index (χ3v) is 4.18. The number of carboxylic acids is 1. The molecule has 1 atom stereocenters. The summed E-state index contributed by atoms with van der Waals surface area (Å²) in [6, 6.07) is 5.83. The third-order valence-electron chi connectivity index (χ3n) is 2.81. The minimum atomic E-state index is -0.924. The fraction of sp³-hybridized carbons (Fsp3) is 0.333. The summed E-state index contributed by atoms with van der Waals surface area (Å²) in [5.41, 5.74) is 0.845. The molecule has 0 aliphatic rings. The van der Waals surface area contributed by atoms with Crippen LogP contribution in [0.5, 0.6) is 0 Å². The Morgan fingerprint density at radius 2 is 2.33 bits per heavy atom. The second kappa shape index (κ2) is 7.27. The lowest BCUT2D eigenvalue weighted by Gasteiger charge is -2.14. The molecule has 9 heteroatoms. The molecule has 112 valence electrons. The number of tetrazole rings is 1. The van der Waals surface area contributed by atoms with Gasteiger partial charge in [0.1, 0.15) is 0 Å². The molecule has 1 N–H and O–H groups in total. The van der Waals surface area contributed by atoms with Crippen molar-refractivity contribution in [3.05, 3.63) is 26.2 Å². The van der Waals surface area contributed by atoms with Crippen molar-refractivity contribution in [2.24, 2.45) is 0 Å². The summed E-state index contributed by atoms with van der Waals surface area (Å²) in [6.45, 7) is 0.267. The van der Waals surface area contributed by atoms with Gasteiger partial charge < -0.3 is 9.84 Å². The SMILES string of the molecule is COC(CC(=O)O)Cn1nnnc1-c1cc(I)ccc1Br. The zero-order valence-corrected chi connectivity index (χ0v) is 14.8. The molecule has 21 heavy (non-hydrogen) atoms. The van der Waals surface area contributed by atoms with E-state index in [1.165, 1.54) is 7.11 Å². The number of carboxylic acid groups (broad SMARTS) is 1. The maximum absolute atomic E-state index is 10.8. The average molecular weight is 467 g/mol. The molecule has 0 aliphatic carbocycles. The van der Waals surface area contributed by atoms with Crippen molar-refractivity contribution in [2.75, 3.05) is 7.11 Å². The summed E-state index contributed by atoms with van der Waals surface area (Å²) in [4.78, 5) is 10.8. The maximum Gasteiger partial charge on any atom is 0.306 e. The van der Waals surface area contributed by atoms with Crippen molar-refractivity contribution in [1.82, 2.24) is 20.2 Å². The van der Waals surface area contributed by atoms with Crippen molar-refractivity contribution >= 4 is 44.5 Å². The van der Waals surface area contributed by atoms with E-state index in [0.717, 1.165) is 13.6 Å². The lowest BCUT2D eigenvalue weighted by Crippen LogP contribution is -2.23. The quantitative estimate of drug-likeness (QED) is 0.656. The van der Waals surface area contributed by atoms with Crippen molar-refractivity contribution in [1.29, 1.82) is 0 Å². The molecule has 0 radical (unpaired) electrons. The van der Waals surface area contributed by atoms with Gasteiger partial charge in [-0.1, -0.05) is 15.9 Å². The van der Waals surface area contributed by atoms with Crippen LogP contribution >= 0.6 is 38.5 Å². The van der Waals surface area contributed by atoms with E-state index in [1.54, 1.807) is 4.68 Å². The summed E-state index contributed by atoms with van der Waals surface area (Å²) in [6.07, 6.45) is -0.602. The van der Waals surface area contributed by atoms with E-state index >= 15 is 0 Å². The highest BCUT2D eigenvalue weighted by atomic mass is 127. The summed E-state index contributed by atoms with van der Waals surface area (Å²) in [5.74, 6) is -0.361. The summed E-state index contributed by atoms with van der Waals surface area (Å²) >= 11 is 5.68. The first-order valence-corrected chi connectivity index (χ1v) is 7.84. The number of rotatable bonds is 6. The maximum atomic E-state index is 10.8. The van der Waals surface area contributed by atoms with Crippen LogP contribution in [0.2, 0.25) is 0 Å². The molecule has 2 aromatic rings. The van der Waals surface area contributed by atoms with Gasteiger partial charge in [-0.2, -0.15) is 0 Å². The number of benzene rings is 1. The van der Waals surface area contributed by atoms with Gasteiger partial charge in [-0.15, -0.1) is 5.10 Å². The number of aliphatic carboxylic acids is 1. The Morgan fingerprint density at radius 3 is 3.00 bits per heavy atom. The van der Waals surface area contributed by atoms with Gasteiger partial charge >= 0.3 is 5.97 Å². The van der Waals surface area contributed by atoms with Gasteiger partial charge in [-0.25, -0.2) is 4.68 Å². The summed E-state index contributed by atoms with van der Waals surface area (Å²) < 4.78 is 8.63. The fourth-order valence-electron chi connectivity index (χ4n) is 1.80. The topological polar surface area (TPSA) is 90.1 Å². The predicted molar refractivity (Wildman–Crippen MR) is 86.7 cm³/mol. The second-order valence-electron chi connectivity index (χ2n) is 4.26. The van der Waals surface area contributed by atoms with Gasteiger partial charge in [0.2, 0.25) is 0 Å². The number of aromatic nitrogens is 4. The molecule has 0 amide bonds. The largest absolute Gasteiger partial charge is 0.481 e. The lowest BCUT2D eigenvalue weighted by molar-refractivity contribution is -0.139. The van der Waals surface area contributed by atoms with Crippen LogP contribution in [0.4, 0.5) is 0 Å². The number of ether oxygens (including phenoxy) is 1. The Labute approximate surface area is 142 Å². The average Bonchev–Trinajstić information content (AvgIpc) is 2.88. The summed E-state index contributed by atoms with van der Waals surface area (Å²) in [5, 5.41) is 20.5. The molecule has 7 nitrogen and oxygen atoms in total. The van der Waals surface area contributed by atoms with Gasteiger partial charge in [0.25, 0.3) is 0 Å². The first kappa shape index (κ1) is 16.3. The molecule has 1 unspecified atom stereocenters. The Hall–Kier alpha value is -1.07. The van der Waals surface area contributed by atoms with Gasteiger partial charge in [-0.3, -0.25) is 4.79 Å². The molecule has 0 spiro atoms. The first-order chi connectivity index (χ1) is 10.0. The number of hydrogen-bond donors (Lipinski definition) is 1. The van der Waals surface area contributed by atoms with E-state index in [0.29, 0.717) is 5.82 Å². The number of halogens is 2. The van der Waals surface area contributed by atoms with Crippen LogP contribution in [0, 0.1) is 3.57 Å². The molecule has 0 saturated heterocycles. The Bertz CT molecular complexity index is 649. The smallest absolute Gasteiger partial charge is 0.306 e. The lowest BCUT2D eigenvalue weighted by atomic mass is 10.2.